The van der Waals surface area contributed by atoms with E-state index in [0.717, 1.165) is 17.0 Å². The molecule has 0 bridgehead atoms. The number of hydrogen-bond donors (Lipinski definition) is 3. The van der Waals surface area contributed by atoms with Gasteiger partial charge in [-0.25, -0.2) is 13.6 Å². The van der Waals surface area contributed by atoms with E-state index in [1.54, 1.807) is 24.3 Å². The number of aromatic amines is 1. The molecule has 0 spiro atoms. The van der Waals surface area contributed by atoms with Gasteiger partial charge in [-0.3, -0.25) is 9.69 Å². The number of carbonyl (C=O) groups excluding carboxylic acids is 2. The molecule has 1 aliphatic rings. The number of anilines is 1. The largest absolute Gasteiger partial charge is 0.414 e. The first kappa shape index (κ1) is 20.6. The first-order chi connectivity index (χ1) is 15.8. The third-order valence-corrected chi connectivity index (χ3v) is 5.42. The molecule has 0 fully saturated rings. The highest BCUT2D eigenvalue weighted by atomic mass is 19.1. The fourth-order valence-electron chi connectivity index (χ4n) is 4.01. The summed E-state index contributed by atoms with van der Waals surface area (Å²) in [5.74, 6) is -2.40. The third-order valence-electron chi connectivity index (χ3n) is 5.42. The van der Waals surface area contributed by atoms with Crippen LogP contribution in [0, 0.1) is 11.6 Å². The Kier molecular flexibility index (Phi) is 4.61. The Balaban J connectivity index is 1.69. The van der Waals surface area contributed by atoms with Crippen LogP contribution in [0.3, 0.4) is 0 Å². The SMILES string of the molecule is CNC(=O)Oc1nc2ccc(C3(O)c4ccccc4C(=O)N3c3cc(F)cc(F)c3)cc2[nH]1. The second-order valence-corrected chi connectivity index (χ2v) is 7.40. The molecule has 0 radical (unpaired) electrons. The molecule has 1 aromatic heterocycles. The van der Waals surface area contributed by atoms with Crippen LogP contribution in [0.25, 0.3) is 11.0 Å². The normalized spacial score (nSPS) is 17.3. The van der Waals surface area contributed by atoms with Gasteiger partial charge in [-0.2, -0.15) is 4.98 Å². The van der Waals surface area contributed by atoms with E-state index >= 15 is 0 Å². The average Bonchev–Trinajstić information content (AvgIpc) is 3.29. The smallest absolute Gasteiger partial charge is 0.375 e. The number of nitrogens with one attached hydrogen (secondary N) is 2. The molecule has 4 aromatic rings. The molecule has 2 amide bonds. The summed E-state index contributed by atoms with van der Waals surface area (Å²) in [5.41, 5.74) is -0.713. The van der Waals surface area contributed by atoms with Crippen molar-refractivity contribution in [2.75, 3.05) is 11.9 Å². The molecule has 33 heavy (non-hydrogen) atoms. The monoisotopic (exact) mass is 450 g/mol. The van der Waals surface area contributed by atoms with Gasteiger partial charge in [-0.15, -0.1) is 0 Å². The van der Waals surface area contributed by atoms with Crippen LogP contribution in [0.4, 0.5) is 19.3 Å². The summed E-state index contributed by atoms with van der Waals surface area (Å²) in [6.07, 6.45) is -0.720. The zero-order valence-electron chi connectivity index (χ0n) is 17.1. The molecule has 0 saturated heterocycles. The minimum absolute atomic E-state index is 0.0690. The Morgan fingerprint density at radius 1 is 1.12 bits per heavy atom. The molecular weight excluding hydrogens is 434 g/mol. The van der Waals surface area contributed by atoms with Crippen LogP contribution < -0.4 is 15.0 Å². The number of ether oxygens (including phenoxy) is 1. The van der Waals surface area contributed by atoms with Crippen molar-refractivity contribution >= 4 is 28.7 Å². The van der Waals surface area contributed by atoms with Crippen molar-refractivity contribution in [1.29, 1.82) is 0 Å². The molecule has 3 N–H and O–H groups in total. The number of H-pyrrole nitrogens is 1. The number of aliphatic hydroxyl groups is 1. The van der Waals surface area contributed by atoms with E-state index in [-0.39, 0.29) is 28.4 Å². The Morgan fingerprint density at radius 2 is 1.85 bits per heavy atom. The van der Waals surface area contributed by atoms with Crippen molar-refractivity contribution in [2.24, 2.45) is 0 Å². The van der Waals surface area contributed by atoms with Crippen LogP contribution >= 0.6 is 0 Å². The quantitative estimate of drug-likeness (QED) is 0.443. The van der Waals surface area contributed by atoms with Crippen LogP contribution in [0.1, 0.15) is 21.5 Å². The average molecular weight is 450 g/mol. The maximum absolute atomic E-state index is 14.0. The highest BCUT2D eigenvalue weighted by Crippen LogP contribution is 2.45. The van der Waals surface area contributed by atoms with Gasteiger partial charge in [0.05, 0.1) is 16.7 Å². The molecule has 1 aliphatic heterocycles. The predicted molar refractivity (Wildman–Crippen MR) is 114 cm³/mol. The lowest BCUT2D eigenvalue weighted by molar-refractivity contribution is 0.0703. The van der Waals surface area contributed by atoms with Crippen molar-refractivity contribution < 1.29 is 28.2 Å². The molecule has 0 aliphatic carbocycles. The maximum Gasteiger partial charge on any atom is 0.414 e. The van der Waals surface area contributed by atoms with Crippen molar-refractivity contribution in [3.05, 3.63) is 89.0 Å². The van der Waals surface area contributed by atoms with Crippen molar-refractivity contribution in [2.45, 2.75) is 5.72 Å². The Morgan fingerprint density at radius 3 is 2.58 bits per heavy atom. The minimum Gasteiger partial charge on any atom is -0.375 e. The zero-order chi connectivity index (χ0) is 23.3. The van der Waals surface area contributed by atoms with Gasteiger partial charge in [-0.05, 0) is 30.3 Å². The molecule has 8 nitrogen and oxygen atoms in total. The second-order valence-electron chi connectivity index (χ2n) is 7.40. The van der Waals surface area contributed by atoms with Gasteiger partial charge in [0, 0.05) is 29.8 Å². The molecule has 1 unspecified atom stereocenters. The van der Waals surface area contributed by atoms with Gasteiger partial charge < -0.3 is 20.1 Å². The van der Waals surface area contributed by atoms with E-state index in [1.807, 2.05) is 0 Å². The van der Waals surface area contributed by atoms with E-state index in [2.05, 4.69) is 15.3 Å². The fourth-order valence-corrected chi connectivity index (χ4v) is 4.01. The summed E-state index contributed by atoms with van der Waals surface area (Å²) in [6.45, 7) is 0. The number of imidazole rings is 1. The molecule has 5 rings (SSSR count). The molecule has 10 heteroatoms. The predicted octanol–water partition coefficient (Wildman–Crippen LogP) is 3.41. The maximum atomic E-state index is 14.0. The minimum atomic E-state index is -2.07. The number of halogens is 2. The number of carbonyl (C=O) groups is 2. The van der Waals surface area contributed by atoms with Gasteiger partial charge in [0.15, 0.2) is 5.72 Å². The van der Waals surface area contributed by atoms with E-state index in [9.17, 15) is 23.5 Å². The summed E-state index contributed by atoms with van der Waals surface area (Å²) in [7, 11) is 1.40. The van der Waals surface area contributed by atoms with Crippen molar-refractivity contribution in [3.63, 3.8) is 0 Å². The van der Waals surface area contributed by atoms with Crippen LogP contribution in [0.15, 0.2) is 60.7 Å². The van der Waals surface area contributed by atoms with Crippen LogP contribution in [0.2, 0.25) is 0 Å². The second kappa shape index (κ2) is 7.38. The fraction of sp³-hybridized carbons (Fsp3) is 0.0870. The lowest BCUT2D eigenvalue weighted by Crippen LogP contribution is -2.45. The molecule has 3 aromatic carbocycles. The number of nitrogens with zero attached hydrogens (tertiary/aromatic N) is 2. The van der Waals surface area contributed by atoms with Crippen molar-refractivity contribution in [1.82, 2.24) is 15.3 Å². The molecule has 1 atom stereocenters. The highest BCUT2D eigenvalue weighted by Gasteiger charge is 2.51. The summed E-state index contributed by atoms with van der Waals surface area (Å²) >= 11 is 0. The Labute approximate surface area is 185 Å². The summed E-state index contributed by atoms with van der Waals surface area (Å²) < 4.78 is 33.0. The summed E-state index contributed by atoms with van der Waals surface area (Å²) in [6, 6.07) is 13.6. The number of benzene rings is 3. The summed E-state index contributed by atoms with van der Waals surface area (Å²) in [4.78, 5) is 32.7. The third kappa shape index (κ3) is 3.19. The summed E-state index contributed by atoms with van der Waals surface area (Å²) in [5, 5.41) is 14.3. The van der Waals surface area contributed by atoms with Crippen LogP contribution in [-0.2, 0) is 5.72 Å². The number of aromatic nitrogens is 2. The van der Waals surface area contributed by atoms with E-state index < -0.39 is 29.4 Å². The van der Waals surface area contributed by atoms with Gasteiger partial charge in [0.2, 0.25) is 0 Å². The number of hydrogen-bond acceptors (Lipinski definition) is 5. The highest BCUT2D eigenvalue weighted by molar-refractivity contribution is 6.12. The van der Waals surface area contributed by atoms with Crippen LogP contribution in [0.5, 0.6) is 6.01 Å². The lowest BCUT2D eigenvalue weighted by atomic mass is 9.93. The van der Waals surface area contributed by atoms with Gasteiger partial charge in [-0.1, -0.05) is 24.3 Å². The number of amides is 2. The van der Waals surface area contributed by atoms with Crippen molar-refractivity contribution in [3.8, 4) is 6.01 Å². The van der Waals surface area contributed by atoms with Crippen LogP contribution in [-0.4, -0.2) is 34.1 Å². The molecule has 166 valence electrons. The number of fused-ring (bicyclic) bond motifs is 2. The lowest BCUT2D eigenvalue weighted by Gasteiger charge is -2.35. The molecule has 0 saturated carbocycles. The first-order valence-corrected chi connectivity index (χ1v) is 9.83. The topological polar surface area (TPSA) is 108 Å². The standard InChI is InChI=1S/C23H16F2N4O4/c1-26-22(31)33-21-27-18-7-6-12(8-19(18)28-21)23(32)17-5-3-2-4-16(17)20(30)29(23)15-10-13(24)9-14(25)11-15/h2-11,32H,1H3,(H,26,31)(H,27,28). The Hall–Kier alpha value is -4.31. The first-order valence-electron chi connectivity index (χ1n) is 9.83. The zero-order valence-corrected chi connectivity index (χ0v) is 17.1. The van der Waals surface area contributed by atoms with E-state index in [1.165, 1.54) is 25.2 Å². The van der Waals surface area contributed by atoms with Gasteiger partial charge in [0.25, 0.3) is 5.91 Å². The Bertz CT molecular complexity index is 1420. The van der Waals surface area contributed by atoms with E-state index in [4.69, 9.17) is 4.74 Å². The van der Waals surface area contributed by atoms with Gasteiger partial charge >= 0.3 is 12.1 Å². The van der Waals surface area contributed by atoms with Gasteiger partial charge in [0.1, 0.15) is 11.6 Å². The van der Waals surface area contributed by atoms with E-state index in [0.29, 0.717) is 17.1 Å². The molecular formula is C23H16F2N4O4. The molecule has 2 heterocycles. The number of rotatable bonds is 3.